The molecule has 0 aromatic carbocycles. The maximum absolute atomic E-state index is 11.1. The Bertz CT molecular complexity index is 294. The van der Waals surface area contributed by atoms with E-state index in [1.807, 2.05) is 6.08 Å². The zero-order chi connectivity index (χ0) is 17.3. The molecule has 0 aliphatic heterocycles. The lowest BCUT2D eigenvalue weighted by Gasteiger charge is -2.12. The van der Waals surface area contributed by atoms with Crippen LogP contribution >= 0.6 is 0 Å². The summed E-state index contributed by atoms with van der Waals surface area (Å²) in [5.41, 5.74) is 5.51. The zero-order valence-corrected chi connectivity index (χ0v) is 14.8. The van der Waals surface area contributed by atoms with E-state index in [2.05, 4.69) is 6.92 Å². The molecule has 0 amide bonds. The first-order chi connectivity index (χ1) is 11.2. The number of aliphatic hydroxyl groups is 2. The van der Waals surface area contributed by atoms with Gasteiger partial charge in [0, 0.05) is 5.92 Å². The smallest absolute Gasteiger partial charge is 0.123 e. The standard InChI is InChI=1S/C19H37NO3/c1-2-3-4-5-6-7-9-12-17(15-21)13-10-8-11-14-19(23)18(20)16-22/h11,14-15,17-19,22-23H,2-10,12-13,16,20H2,1H3/b14-11+/t17?,18-,19+/m0/s1. The Morgan fingerprint density at radius 2 is 1.61 bits per heavy atom. The van der Waals surface area contributed by atoms with Crippen LogP contribution in [0.3, 0.4) is 0 Å². The van der Waals surface area contributed by atoms with Gasteiger partial charge < -0.3 is 20.7 Å². The molecule has 0 heterocycles. The van der Waals surface area contributed by atoms with Crippen molar-refractivity contribution in [1.29, 1.82) is 0 Å². The monoisotopic (exact) mass is 327 g/mol. The van der Waals surface area contributed by atoms with E-state index < -0.39 is 12.1 Å². The van der Waals surface area contributed by atoms with Crippen molar-refractivity contribution >= 4 is 6.29 Å². The zero-order valence-electron chi connectivity index (χ0n) is 14.8. The van der Waals surface area contributed by atoms with Crippen LogP contribution in [0.5, 0.6) is 0 Å². The van der Waals surface area contributed by atoms with Gasteiger partial charge in [0.15, 0.2) is 0 Å². The molecule has 0 aliphatic rings. The lowest BCUT2D eigenvalue weighted by Crippen LogP contribution is -2.36. The highest BCUT2D eigenvalue weighted by Gasteiger charge is 2.09. The Kier molecular flexibility index (Phi) is 15.7. The van der Waals surface area contributed by atoms with E-state index >= 15 is 0 Å². The lowest BCUT2D eigenvalue weighted by atomic mass is 9.96. The fraction of sp³-hybridized carbons (Fsp3) is 0.842. The van der Waals surface area contributed by atoms with Gasteiger partial charge in [0.2, 0.25) is 0 Å². The van der Waals surface area contributed by atoms with Gasteiger partial charge in [0.05, 0.1) is 18.8 Å². The van der Waals surface area contributed by atoms with Crippen LogP contribution in [0.1, 0.15) is 77.6 Å². The Labute approximate surface area is 142 Å². The Morgan fingerprint density at radius 3 is 2.22 bits per heavy atom. The molecule has 4 nitrogen and oxygen atoms in total. The number of carbonyl (C=O) groups excluding carboxylic acids is 1. The average molecular weight is 328 g/mol. The first-order valence-electron chi connectivity index (χ1n) is 9.32. The number of nitrogens with two attached hydrogens (primary N) is 1. The van der Waals surface area contributed by atoms with Crippen molar-refractivity contribution in [2.24, 2.45) is 11.7 Å². The number of unbranched alkanes of at least 4 members (excludes halogenated alkanes) is 7. The summed E-state index contributed by atoms with van der Waals surface area (Å²) in [5.74, 6) is 0.170. The number of hydrogen-bond acceptors (Lipinski definition) is 4. The third kappa shape index (κ3) is 13.4. The quantitative estimate of drug-likeness (QED) is 0.231. The van der Waals surface area contributed by atoms with E-state index in [4.69, 9.17) is 10.8 Å². The van der Waals surface area contributed by atoms with Crippen LogP contribution in [0.15, 0.2) is 12.2 Å². The number of carbonyl (C=O) groups is 1. The molecule has 0 spiro atoms. The lowest BCUT2D eigenvalue weighted by molar-refractivity contribution is -0.111. The number of rotatable bonds is 16. The SMILES string of the molecule is CCCCCCCCCC(C=O)CCC/C=C/[C@@H](O)[C@@H](N)CO. The van der Waals surface area contributed by atoms with Crippen LogP contribution in [-0.2, 0) is 4.79 Å². The highest BCUT2D eigenvalue weighted by atomic mass is 16.3. The minimum atomic E-state index is -0.797. The Balaban J connectivity index is 3.62. The van der Waals surface area contributed by atoms with Gasteiger partial charge in [-0.25, -0.2) is 0 Å². The second kappa shape index (κ2) is 16.2. The molecule has 1 unspecified atom stereocenters. The summed E-state index contributed by atoms with van der Waals surface area (Å²) in [7, 11) is 0. The van der Waals surface area contributed by atoms with Gasteiger partial charge >= 0.3 is 0 Å². The van der Waals surface area contributed by atoms with Crippen molar-refractivity contribution in [3.63, 3.8) is 0 Å². The van der Waals surface area contributed by atoms with Crippen LogP contribution in [0, 0.1) is 5.92 Å². The summed E-state index contributed by atoms with van der Waals surface area (Å²) in [4.78, 5) is 11.1. The van der Waals surface area contributed by atoms with Gasteiger partial charge in [-0.15, -0.1) is 0 Å². The van der Waals surface area contributed by atoms with Gasteiger partial charge in [-0.3, -0.25) is 0 Å². The van der Waals surface area contributed by atoms with E-state index in [1.165, 1.54) is 38.5 Å². The molecule has 4 heteroatoms. The van der Waals surface area contributed by atoms with E-state index in [9.17, 15) is 9.90 Å². The van der Waals surface area contributed by atoms with E-state index in [0.717, 1.165) is 38.4 Å². The summed E-state index contributed by atoms with van der Waals surface area (Å²) in [5, 5.41) is 18.4. The molecule has 0 fully saturated rings. The molecule has 3 atom stereocenters. The highest BCUT2D eigenvalue weighted by molar-refractivity contribution is 5.53. The van der Waals surface area contributed by atoms with Crippen molar-refractivity contribution in [2.75, 3.05) is 6.61 Å². The second-order valence-electron chi connectivity index (χ2n) is 6.50. The third-order valence-electron chi connectivity index (χ3n) is 4.30. The maximum Gasteiger partial charge on any atom is 0.123 e. The number of aliphatic hydroxyl groups excluding tert-OH is 2. The molecule has 0 aromatic heterocycles. The second-order valence-corrected chi connectivity index (χ2v) is 6.50. The molecular weight excluding hydrogens is 290 g/mol. The minimum absolute atomic E-state index is 0.170. The molecule has 0 saturated carbocycles. The van der Waals surface area contributed by atoms with Crippen molar-refractivity contribution in [3.8, 4) is 0 Å². The van der Waals surface area contributed by atoms with Crippen LogP contribution < -0.4 is 5.73 Å². The first-order valence-corrected chi connectivity index (χ1v) is 9.32. The molecule has 4 N–H and O–H groups in total. The van der Waals surface area contributed by atoms with Crippen molar-refractivity contribution in [1.82, 2.24) is 0 Å². The van der Waals surface area contributed by atoms with Gasteiger partial charge in [-0.05, 0) is 25.7 Å². The van der Waals surface area contributed by atoms with E-state index in [1.54, 1.807) is 6.08 Å². The molecule has 136 valence electrons. The normalized spacial score (nSPS) is 15.7. The van der Waals surface area contributed by atoms with Crippen LogP contribution in [0.25, 0.3) is 0 Å². The fourth-order valence-electron chi connectivity index (χ4n) is 2.63. The number of aldehydes is 1. The van der Waals surface area contributed by atoms with Crippen molar-refractivity contribution in [3.05, 3.63) is 12.2 Å². The summed E-state index contributed by atoms with van der Waals surface area (Å²) in [6, 6.07) is -0.619. The third-order valence-corrected chi connectivity index (χ3v) is 4.30. The van der Waals surface area contributed by atoms with Crippen LogP contribution in [0.4, 0.5) is 0 Å². The molecule has 0 aliphatic carbocycles. The predicted octanol–water partition coefficient (Wildman–Crippen LogP) is 3.35. The molecule has 0 aromatic rings. The first kappa shape index (κ1) is 22.3. The minimum Gasteiger partial charge on any atom is -0.395 e. The summed E-state index contributed by atoms with van der Waals surface area (Å²) >= 11 is 0. The van der Waals surface area contributed by atoms with Crippen LogP contribution in [-0.4, -0.2) is 35.3 Å². The Morgan fingerprint density at radius 1 is 1.00 bits per heavy atom. The summed E-state index contributed by atoms with van der Waals surface area (Å²) < 4.78 is 0. The van der Waals surface area contributed by atoms with Gasteiger partial charge in [-0.2, -0.15) is 0 Å². The van der Waals surface area contributed by atoms with Gasteiger partial charge in [-0.1, -0.05) is 64.0 Å². The Hall–Kier alpha value is -0.710. The molecule has 23 heavy (non-hydrogen) atoms. The molecule has 0 bridgehead atoms. The molecule has 0 rings (SSSR count). The largest absolute Gasteiger partial charge is 0.395 e. The fourth-order valence-corrected chi connectivity index (χ4v) is 2.63. The van der Waals surface area contributed by atoms with Crippen LogP contribution in [0.2, 0.25) is 0 Å². The summed E-state index contributed by atoms with van der Waals surface area (Å²) in [6.07, 6.45) is 16.4. The van der Waals surface area contributed by atoms with Gasteiger partial charge in [0.25, 0.3) is 0 Å². The van der Waals surface area contributed by atoms with Gasteiger partial charge in [0.1, 0.15) is 6.29 Å². The number of allylic oxidation sites excluding steroid dienone is 1. The van der Waals surface area contributed by atoms with E-state index in [-0.39, 0.29) is 12.5 Å². The average Bonchev–Trinajstić information content (AvgIpc) is 2.57. The topological polar surface area (TPSA) is 83.5 Å². The van der Waals surface area contributed by atoms with E-state index in [0.29, 0.717) is 0 Å². The molecule has 0 saturated heterocycles. The highest BCUT2D eigenvalue weighted by Crippen LogP contribution is 2.16. The van der Waals surface area contributed by atoms with Crippen molar-refractivity contribution in [2.45, 2.75) is 89.7 Å². The molecule has 0 radical (unpaired) electrons. The number of hydrogen-bond donors (Lipinski definition) is 3. The van der Waals surface area contributed by atoms with Crippen molar-refractivity contribution < 1.29 is 15.0 Å². The summed E-state index contributed by atoms with van der Waals surface area (Å²) in [6.45, 7) is 2.00. The predicted molar refractivity (Wildman–Crippen MR) is 96.2 cm³/mol. The maximum atomic E-state index is 11.1. The molecular formula is C19H37NO3.